The van der Waals surface area contributed by atoms with Crippen molar-refractivity contribution in [1.29, 1.82) is 0 Å². The second-order valence-corrected chi connectivity index (χ2v) is 4.98. The monoisotopic (exact) mass is 258 g/mol. The maximum Gasteiger partial charge on any atom is 0.323 e. The fraction of sp³-hybridized carbons (Fsp3) is 0.846. The molecule has 0 heterocycles. The van der Waals surface area contributed by atoms with Crippen molar-refractivity contribution in [2.45, 2.75) is 65.5 Å². The first-order valence-corrected chi connectivity index (χ1v) is 6.60. The summed E-state index contributed by atoms with van der Waals surface area (Å²) in [6.07, 6.45) is 2.36. The van der Waals surface area contributed by atoms with Crippen LogP contribution in [-0.4, -0.2) is 40.1 Å². The third-order valence-corrected chi connectivity index (χ3v) is 3.66. The lowest BCUT2D eigenvalue weighted by Crippen LogP contribution is -2.54. The molecule has 0 aliphatic heterocycles. The topological polar surface area (TPSA) is 69.6 Å². The van der Waals surface area contributed by atoms with E-state index in [1.165, 1.54) is 4.90 Å². The summed E-state index contributed by atoms with van der Waals surface area (Å²) in [6.45, 7) is 9.53. The van der Waals surface area contributed by atoms with Gasteiger partial charge in [-0.25, -0.2) is 4.79 Å². The molecule has 0 radical (unpaired) electrons. The SMILES string of the molecule is CCC(C)N(CC(=O)O)C(=O)NC(C)(CC)CC. The summed E-state index contributed by atoms with van der Waals surface area (Å²) in [5.41, 5.74) is -0.276. The highest BCUT2D eigenvalue weighted by Gasteiger charge is 2.28. The van der Waals surface area contributed by atoms with Crippen LogP contribution in [0.25, 0.3) is 0 Å². The number of hydrogen-bond donors (Lipinski definition) is 2. The quantitative estimate of drug-likeness (QED) is 0.737. The van der Waals surface area contributed by atoms with Gasteiger partial charge in [-0.3, -0.25) is 4.79 Å². The molecule has 0 aromatic carbocycles. The standard InChI is InChI=1S/C13H26N2O3/c1-6-10(4)15(9-11(16)17)12(18)14-13(5,7-2)8-3/h10H,6-9H2,1-5H3,(H,14,18)(H,16,17). The molecule has 0 bridgehead atoms. The first-order chi connectivity index (χ1) is 8.29. The van der Waals surface area contributed by atoms with Gasteiger partial charge >= 0.3 is 12.0 Å². The second kappa shape index (κ2) is 7.24. The first kappa shape index (κ1) is 16.7. The van der Waals surface area contributed by atoms with E-state index in [9.17, 15) is 9.59 Å². The molecule has 0 spiro atoms. The zero-order valence-corrected chi connectivity index (χ0v) is 12.1. The lowest BCUT2D eigenvalue weighted by molar-refractivity contribution is -0.138. The average Bonchev–Trinajstić information content (AvgIpc) is 2.34. The molecule has 0 saturated heterocycles. The second-order valence-electron chi connectivity index (χ2n) is 4.98. The number of nitrogens with zero attached hydrogens (tertiary/aromatic N) is 1. The van der Waals surface area contributed by atoms with Crippen molar-refractivity contribution in [3.8, 4) is 0 Å². The number of carboxylic acids is 1. The molecule has 2 amide bonds. The van der Waals surface area contributed by atoms with Gasteiger partial charge < -0.3 is 15.3 Å². The van der Waals surface area contributed by atoms with Crippen molar-refractivity contribution in [3.05, 3.63) is 0 Å². The van der Waals surface area contributed by atoms with Gasteiger partial charge in [0.05, 0.1) is 0 Å². The molecule has 0 saturated carbocycles. The minimum absolute atomic E-state index is 0.0842. The van der Waals surface area contributed by atoms with Crippen LogP contribution in [0.5, 0.6) is 0 Å². The summed E-state index contributed by atoms with van der Waals surface area (Å²) in [7, 11) is 0. The molecule has 18 heavy (non-hydrogen) atoms. The Kier molecular flexibility index (Phi) is 6.73. The fourth-order valence-corrected chi connectivity index (χ4v) is 1.55. The molecule has 0 aliphatic rings. The number of rotatable bonds is 7. The Bertz CT molecular complexity index is 288. The summed E-state index contributed by atoms with van der Waals surface area (Å²) in [6, 6.07) is -0.378. The predicted molar refractivity (Wildman–Crippen MR) is 71.6 cm³/mol. The highest BCUT2D eigenvalue weighted by Crippen LogP contribution is 2.15. The molecule has 0 aliphatic carbocycles. The Balaban J connectivity index is 4.80. The summed E-state index contributed by atoms with van der Waals surface area (Å²) in [5.74, 6) is -0.986. The van der Waals surface area contributed by atoms with E-state index in [2.05, 4.69) is 5.32 Å². The van der Waals surface area contributed by atoms with E-state index in [-0.39, 0.29) is 24.2 Å². The molecular weight excluding hydrogens is 232 g/mol. The summed E-state index contributed by atoms with van der Waals surface area (Å²) in [5, 5.41) is 11.8. The van der Waals surface area contributed by atoms with E-state index in [1.54, 1.807) is 0 Å². The van der Waals surface area contributed by atoms with Gasteiger partial charge in [-0.15, -0.1) is 0 Å². The van der Waals surface area contributed by atoms with Crippen LogP contribution in [0.15, 0.2) is 0 Å². The highest BCUT2D eigenvalue weighted by molar-refractivity contribution is 5.80. The number of carboxylic acid groups (broad SMARTS) is 1. The van der Waals surface area contributed by atoms with Crippen LogP contribution in [0.4, 0.5) is 4.79 Å². The summed E-state index contributed by atoms with van der Waals surface area (Å²) < 4.78 is 0. The molecule has 1 unspecified atom stereocenters. The van der Waals surface area contributed by atoms with Crippen molar-refractivity contribution >= 4 is 12.0 Å². The third kappa shape index (κ3) is 4.94. The van der Waals surface area contributed by atoms with Crippen LogP contribution in [-0.2, 0) is 4.79 Å². The summed E-state index contributed by atoms with van der Waals surface area (Å²) >= 11 is 0. The smallest absolute Gasteiger partial charge is 0.323 e. The first-order valence-electron chi connectivity index (χ1n) is 6.60. The van der Waals surface area contributed by atoms with Gasteiger partial charge in [0.25, 0.3) is 0 Å². The van der Waals surface area contributed by atoms with E-state index in [0.717, 1.165) is 19.3 Å². The number of aliphatic carboxylic acids is 1. The fourth-order valence-electron chi connectivity index (χ4n) is 1.55. The van der Waals surface area contributed by atoms with Crippen LogP contribution < -0.4 is 5.32 Å². The molecule has 0 fully saturated rings. The van der Waals surface area contributed by atoms with Crippen molar-refractivity contribution in [2.75, 3.05) is 6.54 Å². The number of hydrogen-bond acceptors (Lipinski definition) is 2. The van der Waals surface area contributed by atoms with Gasteiger partial charge in [-0.05, 0) is 33.1 Å². The van der Waals surface area contributed by atoms with Gasteiger partial charge in [-0.2, -0.15) is 0 Å². The van der Waals surface area contributed by atoms with Gasteiger partial charge in [0.1, 0.15) is 6.54 Å². The Labute approximate surface area is 110 Å². The number of carbonyl (C=O) groups is 2. The molecule has 1 atom stereocenters. The minimum Gasteiger partial charge on any atom is -0.480 e. The number of urea groups is 1. The van der Waals surface area contributed by atoms with Gasteiger partial charge in [0.2, 0.25) is 0 Å². The van der Waals surface area contributed by atoms with Gasteiger partial charge in [-0.1, -0.05) is 20.8 Å². The largest absolute Gasteiger partial charge is 0.480 e. The third-order valence-electron chi connectivity index (χ3n) is 3.66. The maximum absolute atomic E-state index is 12.2. The Morgan fingerprint density at radius 3 is 2.11 bits per heavy atom. The molecular formula is C13H26N2O3. The number of nitrogens with one attached hydrogen (secondary N) is 1. The van der Waals surface area contributed by atoms with E-state index in [0.29, 0.717) is 0 Å². The zero-order valence-electron chi connectivity index (χ0n) is 12.1. The molecule has 0 aromatic heterocycles. The molecule has 2 N–H and O–H groups in total. The molecule has 5 nitrogen and oxygen atoms in total. The van der Waals surface area contributed by atoms with Crippen molar-refractivity contribution in [2.24, 2.45) is 0 Å². The van der Waals surface area contributed by atoms with Crippen LogP contribution in [0.2, 0.25) is 0 Å². The van der Waals surface area contributed by atoms with Crippen LogP contribution in [0, 0.1) is 0 Å². The average molecular weight is 258 g/mol. The van der Waals surface area contributed by atoms with E-state index in [4.69, 9.17) is 5.11 Å². The molecule has 106 valence electrons. The number of carbonyl (C=O) groups excluding carboxylic acids is 1. The van der Waals surface area contributed by atoms with E-state index in [1.807, 2.05) is 34.6 Å². The Morgan fingerprint density at radius 1 is 1.28 bits per heavy atom. The highest BCUT2D eigenvalue weighted by atomic mass is 16.4. The normalized spacial score (nSPS) is 12.9. The Morgan fingerprint density at radius 2 is 1.78 bits per heavy atom. The summed E-state index contributed by atoms with van der Waals surface area (Å²) in [4.78, 5) is 24.4. The van der Waals surface area contributed by atoms with Crippen molar-refractivity contribution in [3.63, 3.8) is 0 Å². The predicted octanol–water partition coefficient (Wildman–Crippen LogP) is 2.46. The number of amides is 2. The van der Waals surface area contributed by atoms with Crippen molar-refractivity contribution in [1.82, 2.24) is 10.2 Å². The van der Waals surface area contributed by atoms with Gasteiger partial charge in [0, 0.05) is 11.6 Å². The molecule has 0 aromatic rings. The zero-order chi connectivity index (χ0) is 14.3. The van der Waals surface area contributed by atoms with Gasteiger partial charge in [0.15, 0.2) is 0 Å². The van der Waals surface area contributed by atoms with Crippen LogP contribution >= 0.6 is 0 Å². The Hall–Kier alpha value is -1.26. The lowest BCUT2D eigenvalue weighted by Gasteiger charge is -2.34. The van der Waals surface area contributed by atoms with E-state index >= 15 is 0 Å². The maximum atomic E-state index is 12.2. The van der Waals surface area contributed by atoms with E-state index < -0.39 is 5.97 Å². The lowest BCUT2D eigenvalue weighted by atomic mass is 9.96. The van der Waals surface area contributed by atoms with Crippen LogP contribution in [0.3, 0.4) is 0 Å². The molecule has 5 heteroatoms. The molecule has 0 rings (SSSR count). The minimum atomic E-state index is -0.986. The van der Waals surface area contributed by atoms with Crippen molar-refractivity contribution < 1.29 is 14.7 Å². The van der Waals surface area contributed by atoms with Crippen LogP contribution in [0.1, 0.15) is 53.9 Å².